The molecule has 0 fully saturated rings. The third kappa shape index (κ3) is 5.58. The van der Waals surface area contributed by atoms with Gasteiger partial charge in [-0.25, -0.2) is 0 Å². The molecule has 0 atom stereocenters. The van der Waals surface area contributed by atoms with Crippen molar-refractivity contribution in [1.29, 1.82) is 0 Å². The maximum atomic E-state index is 11.6. The fourth-order valence-corrected chi connectivity index (χ4v) is 1.39. The summed E-state index contributed by atoms with van der Waals surface area (Å²) in [6, 6.07) is 5.06. The summed E-state index contributed by atoms with van der Waals surface area (Å²) >= 11 is 0. The molecule has 1 aromatic rings. The van der Waals surface area contributed by atoms with Crippen molar-refractivity contribution >= 4 is 17.3 Å². The second kappa shape index (κ2) is 8.34. The van der Waals surface area contributed by atoms with E-state index in [1.54, 1.807) is 25.3 Å². The summed E-state index contributed by atoms with van der Waals surface area (Å²) < 4.78 is 15.3. The van der Waals surface area contributed by atoms with E-state index in [-0.39, 0.29) is 12.5 Å². The number of hydrogen-bond acceptors (Lipinski definition) is 5. The highest BCUT2D eigenvalue weighted by molar-refractivity contribution is 5.94. The fraction of sp³-hybridized carbons (Fsp3) is 0.462. The summed E-state index contributed by atoms with van der Waals surface area (Å²) in [5.41, 5.74) is 6.77. The molecule has 6 heteroatoms. The zero-order valence-corrected chi connectivity index (χ0v) is 11.3. The number of benzene rings is 1. The van der Waals surface area contributed by atoms with Gasteiger partial charge in [-0.15, -0.1) is 0 Å². The van der Waals surface area contributed by atoms with Gasteiger partial charge in [0.15, 0.2) is 0 Å². The average molecular weight is 268 g/mol. The summed E-state index contributed by atoms with van der Waals surface area (Å²) in [6.07, 6.45) is 0. The van der Waals surface area contributed by atoms with Gasteiger partial charge in [0, 0.05) is 12.7 Å². The predicted molar refractivity (Wildman–Crippen MR) is 73.3 cm³/mol. The van der Waals surface area contributed by atoms with E-state index >= 15 is 0 Å². The number of carbonyl (C=O) groups is 1. The van der Waals surface area contributed by atoms with Crippen LogP contribution in [0.1, 0.15) is 6.92 Å². The van der Waals surface area contributed by atoms with Gasteiger partial charge in [0.25, 0.3) is 0 Å². The lowest BCUT2D eigenvalue weighted by atomic mass is 10.2. The molecule has 0 spiro atoms. The van der Waals surface area contributed by atoms with Crippen molar-refractivity contribution < 1.29 is 19.0 Å². The van der Waals surface area contributed by atoms with Crippen molar-refractivity contribution in [2.24, 2.45) is 0 Å². The number of nitrogens with one attached hydrogen (secondary N) is 1. The second-order valence-electron chi connectivity index (χ2n) is 3.75. The number of amides is 1. The van der Waals surface area contributed by atoms with Gasteiger partial charge in [0.05, 0.1) is 31.7 Å². The molecule has 0 aromatic heterocycles. The van der Waals surface area contributed by atoms with Crippen LogP contribution in [-0.2, 0) is 14.3 Å². The first-order valence-electron chi connectivity index (χ1n) is 6.06. The van der Waals surface area contributed by atoms with Crippen molar-refractivity contribution in [3.63, 3.8) is 0 Å². The van der Waals surface area contributed by atoms with Crippen LogP contribution in [-0.4, -0.2) is 39.4 Å². The highest BCUT2D eigenvalue weighted by Crippen LogP contribution is 2.23. The van der Waals surface area contributed by atoms with E-state index in [9.17, 15) is 4.79 Å². The van der Waals surface area contributed by atoms with Gasteiger partial charge < -0.3 is 25.3 Å². The SMILES string of the molecule is CCOCCOCC(=O)Nc1ccc(OC)cc1N. The quantitative estimate of drug-likeness (QED) is 0.548. The van der Waals surface area contributed by atoms with Gasteiger partial charge >= 0.3 is 0 Å². The minimum Gasteiger partial charge on any atom is -0.497 e. The first-order chi connectivity index (χ1) is 9.17. The summed E-state index contributed by atoms with van der Waals surface area (Å²) in [6.45, 7) is 3.38. The zero-order valence-electron chi connectivity index (χ0n) is 11.3. The average Bonchev–Trinajstić information content (AvgIpc) is 2.41. The third-order valence-electron chi connectivity index (χ3n) is 2.34. The van der Waals surface area contributed by atoms with E-state index in [0.717, 1.165) is 0 Å². The number of hydrogen-bond donors (Lipinski definition) is 2. The highest BCUT2D eigenvalue weighted by Gasteiger charge is 2.06. The summed E-state index contributed by atoms with van der Waals surface area (Å²) in [5.74, 6) is 0.386. The number of anilines is 2. The van der Waals surface area contributed by atoms with Crippen molar-refractivity contribution in [1.82, 2.24) is 0 Å². The lowest BCUT2D eigenvalue weighted by molar-refractivity contribution is -0.121. The van der Waals surface area contributed by atoms with E-state index in [1.807, 2.05) is 6.92 Å². The molecule has 0 unspecified atom stereocenters. The number of carbonyl (C=O) groups excluding carboxylic acids is 1. The first-order valence-corrected chi connectivity index (χ1v) is 6.06. The minimum absolute atomic E-state index is 0.0292. The van der Waals surface area contributed by atoms with Gasteiger partial charge in [-0.1, -0.05) is 0 Å². The van der Waals surface area contributed by atoms with Crippen molar-refractivity contribution in [3.8, 4) is 5.75 Å². The standard InChI is InChI=1S/C13H20N2O4/c1-3-18-6-7-19-9-13(16)15-12-5-4-10(17-2)8-11(12)14/h4-5,8H,3,6-7,9,14H2,1-2H3,(H,15,16). The van der Waals surface area contributed by atoms with Gasteiger partial charge in [-0.2, -0.15) is 0 Å². The molecule has 0 aliphatic rings. The first kappa shape index (κ1) is 15.3. The Hall–Kier alpha value is -1.79. The molecule has 0 saturated heterocycles. The molecule has 19 heavy (non-hydrogen) atoms. The minimum atomic E-state index is -0.256. The molecule has 6 nitrogen and oxygen atoms in total. The number of methoxy groups -OCH3 is 1. The van der Waals surface area contributed by atoms with Crippen LogP contribution in [0.15, 0.2) is 18.2 Å². The summed E-state index contributed by atoms with van der Waals surface area (Å²) in [4.78, 5) is 11.6. The molecule has 0 bridgehead atoms. The Bertz CT molecular complexity index is 410. The molecule has 0 saturated carbocycles. The predicted octanol–water partition coefficient (Wildman–Crippen LogP) is 1.27. The van der Waals surface area contributed by atoms with Crippen LogP contribution in [0.2, 0.25) is 0 Å². The molecular formula is C13H20N2O4. The number of ether oxygens (including phenoxy) is 3. The molecule has 1 amide bonds. The largest absolute Gasteiger partial charge is 0.497 e. The van der Waals surface area contributed by atoms with Crippen LogP contribution < -0.4 is 15.8 Å². The van der Waals surface area contributed by atoms with Crippen molar-refractivity contribution in [2.45, 2.75) is 6.92 Å². The van der Waals surface area contributed by atoms with E-state index in [1.165, 1.54) is 0 Å². The number of nitrogen functional groups attached to an aromatic ring is 1. The van der Waals surface area contributed by atoms with E-state index in [2.05, 4.69) is 5.32 Å². The van der Waals surface area contributed by atoms with E-state index in [4.69, 9.17) is 19.9 Å². The maximum Gasteiger partial charge on any atom is 0.250 e. The molecule has 1 aromatic carbocycles. The van der Waals surface area contributed by atoms with E-state index < -0.39 is 0 Å². The van der Waals surface area contributed by atoms with Crippen molar-refractivity contribution in [2.75, 3.05) is 44.6 Å². The molecule has 0 heterocycles. The molecule has 3 N–H and O–H groups in total. The lowest BCUT2D eigenvalue weighted by Crippen LogP contribution is -2.20. The normalized spacial score (nSPS) is 10.2. The molecule has 0 aliphatic heterocycles. The Morgan fingerprint density at radius 2 is 2.05 bits per heavy atom. The second-order valence-corrected chi connectivity index (χ2v) is 3.75. The van der Waals surface area contributed by atoms with Crippen LogP contribution in [0, 0.1) is 0 Å². The van der Waals surface area contributed by atoms with Crippen LogP contribution in [0.4, 0.5) is 11.4 Å². The lowest BCUT2D eigenvalue weighted by Gasteiger charge is -2.10. The smallest absolute Gasteiger partial charge is 0.250 e. The highest BCUT2D eigenvalue weighted by atomic mass is 16.5. The van der Waals surface area contributed by atoms with Crippen LogP contribution in [0.25, 0.3) is 0 Å². The number of nitrogens with two attached hydrogens (primary N) is 1. The van der Waals surface area contributed by atoms with Gasteiger partial charge in [-0.3, -0.25) is 4.79 Å². The van der Waals surface area contributed by atoms with Crippen LogP contribution >= 0.6 is 0 Å². The van der Waals surface area contributed by atoms with Gasteiger partial charge in [0.1, 0.15) is 12.4 Å². The summed E-state index contributed by atoms with van der Waals surface area (Å²) in [5, 5.41) is 2.67. The Balaban J connectivity index is 2.36. The maximum absolute atomic E-state index is 11.6. The molecule has 1 rings (SSSR count). The van der Waals surface area contributed by atoms with Crippen LogP contribution in [0.3, 0.4) is 0 Å². The summed E-state index contributed by atoms with van der Waals surface area (Å²) in [7, 11) is 1.55. The molecule has 106 valence electrons. The number of rotatable bonds is 8. The molecular weight excluding hydrogens is 248 g/mol. The van der Waals surface area contributed by atoms with Gasteiger partial charge in [0.2, 0.25) is 5.91 Å². The molecule has 0 radical (unpaired) electrons. The monoisotopic (exact) mass is 268 g/mol. The fourth-order valence-electron chi connectivity index (χ4n) is 1.39. The molecule has 0 aliphatic carbocycles. The van der Waals surface area contributed by atoms with Gasteiger partial charge in [-0.05, 0) is 19.1 Å². The third-order valence-corrected chi connectivity index (χ3v) is 2.34. The Morgan fingerprint density at radius 1 is 1.32 bits per heavy atom. The van der Waals surface area contributed by atoms with Crippen LogP contribution in [0.5, 0.6) is 5.75 Å². The Labute approximate surface area is 112 Å². The van der Waals surface area contributed by atoms with Crippen molar-refractivity contribution in [3.05, 3.63) is 18.2 Å². The van der Waals surface area contributed by atoms with E-state index in [0.29, 0.717) is 36.9 Å². The zero-order chi connectivity index (χ0) is 14.1. The Morgan fingerprint density at radius 3 is 2.68 bits per heavy atom. The Kier molecular flexibility index (Phi) is 6.70. The topological polar surface area (TPSA) is 82.8 Å².